The number of hydrogen-bond acceptors (Lipinski definition) is 10. The van der Waals surface area contributed by atoms with E-state index >= 15 is 0 Å². The average molecular weight is 624 g/mol. The lowest BCUT2D eigenvalue weighted by atomic mass is 9.96. The number of anilines is 3. The third kappa shape index (κ3) is 3.86. The fraction of sp³-hybridized carbons (Fsp3) is 0. The highest BCUT2D eigenvalue weighted by Gasteiger charge is 2.27. The molecule has 10 heteroatoms. The summed E-state index contributed by atoms with van der Waals surface area (Å²) in [5, 5.41) is 30.6. The van der Waals surface area contributed by atoms with Crippen LogP contribution in [-0.4, -0.2) is 30.9 Å². The third-order valence-corrected chi connectivity index (χ3v) is 8.94. The minimum atomic E-state index is 0.552. The van der Waals surface area contributed by atoms with E-state index in [1.54, 1.807) is 0 Å². The van der Waals surface area contributed by atoms with Crippen molar-refractivity contribution in [2.24, 2.45) is 0 Å². The van der Waals surface area contributed by atoms with E-state index in [0.29, 0.717) is 50.2 Å². The van der Waals surface area contributed by atoms with Crippen LogP contribution < -0.4 is 4.90 Å². The summed E-state index contributed by atoms with van der Waals surface area (Å²) in [7, 11) is 0. The van der Waals surface area contributed by atoms with Gasteiger partial charge < -0.3 is 4.90 Å². The maximum Gasteiger partial charge on any atom is 0.159 e. The zero-order chi connectivity index (χ0) is 31.6. The van der Waals surface area contributed by atoms with E-state index in [1.807, 2.05) is 83.8 Å². The van der Waals surface area contributed by atoms with E-state index < -0.39 is 0 Å². The van der Waals surface area contributed by atoms with Crippen molar-refractivity contribution in [2.75, 3.05) is 4.90 Å². The van der Waals surface area contributed by atoms with Gasteiger partial charge in [0.1, 0.15) is 16.6 Å². The van der Waals surface area contributed by atoms with Crippen LogP contribution in [0.25, 0.3) is 76.9 Å². The smallest absolute Gasteiger partial charge is 0.159 e. The fourth-order valence-electron chi connectivity index (χ4n) is 6.78. The van der Waals surface area contributed by atoms with Gasteiger partial charge in [0.25, 0.3) is 0 Å². The van der Waals surface area contributed by atoms with E-state index in [2.05, 4.69) is 79.5 Å². The molecule has 226 valence electrons. The van der Waals surface area contributed by atoms with Crippen molar-refractivity contribution in [2.45, 2.75) is 0 Å². The van der Waals surface area contributed by atoms with Gasteiger partial charge in [-0.05, 0) is 100 Å². The highest BCUT2D eigenvalue weighted by atomic mass is 16.6. The number of aromatic nitrogens is 6. The van der Waals surface area contributed by atoms with Gasteiger partial charge in [-0.25, -0.2) is 13.9 Å². The van der Waals surface area contributed by atoms with Crippen LogP contribution in [0, 0.1) is 0 Å². The topological polar surface area (TPSA) is 120 Å². The summed E-state index contributed by atoms with van der Waals surface area (Å²) in [6, 6.07) is 42.8. The minimum Gasteiger partial charge on any atom is -0.303 e. The number of nitrogens with zero attached hydrogens (tertiary/aromatic N) is 7. The summed E-state index contributed by atoms with van der Waals surface area (Å²) < 4.78 is 16.1. The first-order valence-electron chi connectivity index (χ1n) is 15.3. The summed E-state index contributed by atoms with van der Waals surface area (Å²) in [6.07, 6.45) is 0. The standard InChI is InChI=1S/C38H21N7O3/c1-3-12-24-22(8-1)10-5-14-26(24)28-18-20-32(37-34(28)40-47-43-37)45(31-17-7-16-30-36(31)42-46-39-30)33-21-19-29(35-38(33)44-48-41-35)27-15-6-11-23-9-2-4-13-25(23)27/h1-21H. The quantitative estimate of drug-likeness (QED) is 0.183. The van der Waals surface area contributed by atoms with Crippen LogP contribution >= 0.6 is 0 Å². The van der Waals surface area contributed by atoms with E-state index in [9.17, 15) is 0 Å². The molecule has 0 saturated carbocycles. The molecule has 0 unspecified atom stereocenters. The molecule has 10 rings (SSSR count). The van der Waals surface area contributed by atoms with Gasteiger partial charge in [-0.15, -0.1) is 0 Å². The molecule has 7 aromatic carbocycles. The van der Waals surface area contributed by atoms with Crippen LogP contribution in [0.15, 0.2) is 141 Å². The molecule has 0 fully saturated rings. The summed E-state index contributed by atoms with van der Waals surface area (Å²) in [5.41, 5.74) is 9.40. The largest absolute Gasteiger partial charge is 0.303 e. The molecule has 10 aromatic rings. The van der Waals surface area contributed by atoms with E-state index in [1.165, 1.54) is 0 Å². The first-order chi connectivity index (χ1) is 23.8. The molecule has 0 aliphatic rings. The Labute approximate surface area is 270 Å². The lowest BCUT2D eigenvalue weighted by Gasteiger charge is -2.26. The number of rotatable bonds is 5. The Morgan fingerprint density at radius 2 is 0.792 bits per heavy atom. The maximum atomic E-state index is 5.44. The van der Waals surface area contributed by atoms with Crippen molar-refractivity contribution in [3.8, 4) is 22.3 Å². The lowest BCUT2D eigenvalue weighted by Crippen LogP contribution is -2.12. The summed E-state index contributed by atoms with van der Waals surface area (Å²) in [4.78, 5) is 2.01. The summed E-state index contributed by atoms with van der Waals surface area (Å²) in [5.74, 6) is 0. The normalized spacial score (nSPS) is 11.8. The molecule has 48 heavy (non-hydrogen) atoms. The van der Waals surface area contributed by atoms with Crippen molar-refractivity contribution in [3.63, 3.8) is 0 Å². The Hall–Kier alpha value is -6.94. The van der Waals surface area contributed by atoms with Gasteiger partial charge in [-0.1, -0.05) is 91.0 Å². The Kier molecular flexibility index (Phi) is 5.64. The van der Waals surface area contributed by atoms with Crippen LogP contribution in [0.3, 0.4) is 0 Å². The highest BCUT2D eigenvalue weighted by Crippen LogP contribution is 2.46. The molecule has 0 aliphatic carbocycles. The molecule has 0 N–H and O–H groups in total. The summed E-state index contributed by atoms with van der Waals surface area (Å²) >= 11 is 0. The average Bonchev–Trinajstić information content (AvgIpc) is 3.94. The Balaban J connectivity index is 1.23. The van der Waals surface area contributed by atoms with Gasteiger partial charge in [0.05, 0.1) is 17.1 Å². The summed E-state index contributed by atoms with van der Waals surface area (Å²) in [6.45, 7) is 0. The predicted octanol–water partition coefficient (Wildman–Crippen LogP) is 9.41. The SMILES string of the molecule is c1ccc2c(-c3ccc(N(c4cccc5nonc45)c4ccc(-c5cccc6ccccc56)c5nonc45)c4nonc34)cccc2c1. The van der Waals surface area contributed by atoms with Gasteiger partial charge in [0.15, 0.2) is 16.6 Å². The van der Waals surface area contributed by atoms with E-state index in [4.69, 9.17) is 13.9 Å². The Morgan fingerprint density at radius 3 is 1.40 bits per heavy atom. The Bertz CT molecular complexity index is 2670. The molecular formula is C38H21N7O3. The van der Waals surface area contributed by atoms with Gasteiger partial charge in [-0.3, -0.25) is 0 Å². The molecule has 0 radical (unpaired) electrons. The molecular weight excluding hydrogens is 602 g/mol. The van der Waals surface area contributed by atoms with Crippen molar-refractivity contribution in [1.82, 2.24) is 30.9 Å². The maximum absolute atomic E-state index is 5.44. The zero-order valence-corrected chi connectivity index (χ0v) is 25.0. The van der Waals surface area contributed by atoms with Crippen LogP contribution in [0.1, 0.15) is 0 Å². The highest BCUT2D eigenvalue weighted by molar-refractivity contribution is 6.12. The van der Waals surface area contributed by atoms with Crippen molar-refractivity contribution in [1.29, 1.82) is 0 Å². The van der Waals surface area contributed by atoms with Crippen molar-refractivity contribution < 1.29 is 13.9 Å². The molecule has 10 nitrogen and oxygen atoms in total. The molecule has 0 spiro atoms. The van der Waals surface area contributed by atoms with Gasteiger partial charge in [0.2, 0.25) is 0 Å². The zero-order valence-electron chi connectivity index (χ0n) is 25.0. The minimum absolute atomic E-state index is 0.552. The van der Waals surface area contributed by atoms with Crippen LogP contribution in [0.4, 0.5) is 17.1 Å². The molecule has 0 aliphatic heterocycles. The van der Waals surface area contributed by atoms with Crippen LogP contribution in [-0.2, 0) is 0 Å². The molecule has 0 atom stereocenters. The number of benzene rings is 7. The van der Waals surface area contributed by atoms with Crippen molar-refractivity contribution in [3.05, 3.63) is 127 Å². The van der Waals surface area contributed by atoms with E-state index in [-0.39, 0.29) is 0 Å². The van der Waals surface area contributed by atoms with Gasteiger partial charge in [0, 0.05) is 11.1 Å². The molecule has 0 bridgehead atoms. The van der Waals surface area contributed by atoms with Gasteiger partial charge >= 0.3 is 0 Å². The van der Waals surface area contributed by atoms with E-state index in [0.717, 1.165) is 43.8 Å². The first-order valence-corrected chi connectivity index (χ1v) is 15.3. The molecule has 0 amide bonds. The second-order valence-corrected chi connectivity index (χ2v) is 11.5. The molecule has 3 aromatic heterocycles. The lowest BCUT2D eigenvalue weighted by molar-refractivity contribution is 0.315. The van der Waals surface area contributed by atoms with Crippen LogP contribution in [0.2, 0.25) is 0 Å². The Morgan fingerprint density at radius 1 is 0.333 bits per heavy atom. The third-order valence-electron chi connectivity index (χ3n) is 8.94. The van der Waals surface area contributed by atoms with Gasteiger partial charge in [-0.2, -0.15) is 0 Å². The second-order valence-electron chi connectivity index (χ2n) is 11.5. The fourth-order valence-corrected chi connectivity index (χ4v) is 6.78. The first kappa shape index (κ1) is 26.3. The van der Waals surface area contributed by atoms with Crippen LogP contribution in [0.5, 0.6) is 0 Å². The molecule has 3 heterocycles. The second kappa shape index (κ2) is 10.3. The number of hydrogen-bond donors (Lipinski definition) is 0. The number of fused-ring (bicyclic) bond motifs is 5. The molecule has 0 saturated heterocycles. The predicted molar refractivity (Wildman–Crippen MR) is 183 cm³/mol. The van der Waals surface area contributed by atoms with Crippen molar-refractivity contribution >= 4 is 71.7 Å². The monoisotopic (exact) mass is 623 g/mol.